The van der Waals surface area contributed by atoms with E-state index in [4.69, 9.17) is 0 Å². The third-order valence-electron chi connectivity index (χ3n) is 6.14. The zero-order valence-corrected chi connectivity index (χ0v) is 20.2. The topological polar surface area (TPSA) is 15.8 Å². The zero-order valence-electron chi connectivity index (χ0n) is 20.2. The first-order valence-corrected chi connectivity index (χ1v) is 11.6. The number of aromatic amines is 1. The minimum atomic E-state index is 0.253. The maximum absolute atomic E-state index is 3.49. The summed E-state index contributed by atoms with van der Waals surface area (Å²) in [6.07, 6.45) is 8.05. The molecule has 0 aliphatic rings. The van der Waals surface area contributed by atoms with Crippen molar-refractivity contribution in [2.24, 2.45) is 16.2 Å². The molecule has 0 saturated carbocycles. The van der Waals surface area contributed by atoms with Gasteiger partial charge in [0.15, 0.2) is 0 Å². The Morgan fingerprint density at radius 2 is 1.33 bits per heavy atom. The second-order valence-electron chi connectivity index (χ2n) is 12.1. The fourth-order valence-electron chi connectivity index (χ4n) is 4.55. The first kappa shape index (κ1) is 22.7. The van der Waals surface area contributed by atoms with Gasteiger partial charge in [0.05, 0.1) is 0 Å². The van der Waals surface area contributed by atoms with Gasteiger partial charge in [0.25, 0.3) is 0 Å². The van der Waals surface area contributed by atoms with Gasteiger partial charge in [0.1, 0.15) is 0 Å². The van der Waals surface area contributed by atoms with Crippen LogP contribution in [0.2, 0.25) is 0 Å². The molecule has 2 aromatic carbocycles. The van der Waals surface area contributed by atoms with E-state index in [2.05, 4.69) is 108 Å². The van der Waals surface area contributed by atoms with Crippen LogP contribution >= 0.6 is 0 Å². The van der Waals surface area contributed by atoms with Gasteiger partial charge in [-0.2, -0.15) is 0 Å². The van der Waals surface area contributed by atoms with Crippen LogP contribution in [-0.2, 0) is 19.3 Å². The van der Waals surface area contributed by atoms with E-state index >= 15 is 0 Å². The second kappa shape index (κ2) is 8.61. The average Bonchev–Trinajstić information content (AvgIpc) is 3.01. The molecule has 0 aliphatic carbocycles. The fourth-order valence-corrected chi connectivity index (χ4v) is 4.55. The van der Waals surface area contributed by atoms with E-state index in [1.54, 1.807) is 0 Å². The van der Waals surface area contributed by atoms with Gasteiger partial charge in [-0.3, -0.25) is 0 Å². The molecule has 0 amide bonds. The van der Waals surface area contributed by atoms with Gasteiger partial charge in [-0.05, 0) is 77.2 Å². The highest BCUT2D eigenvalue weighted by Crippen LogP contribution is 2.37. The highest BCUT2D eigenvalue weighted by atomic mass is 14.7. The normalized spacial score (nSPS) is 14.8. The van der Waals surface area contributed by atoms with Crippen LogP contribution in [0.4, 0.5) is 0 Å². The summed E-state index contributed by atoms with van der Waals surface area (Å²) in [5.41, 5.74) is 6.52. The number of hydrogen-bond donors (Lipinski definition) is 1. The zero-order chi connectivity index (χ0) is 22.0. The predicted octanol–water partition coefficient (Wildman–Crippen LogP) is 8.37. The lowest BCUT2D eigenvalue weighted by molar-refractivity contribution is 0.230. The quantitative estimate of drug-likeness (QED) is 0.408. The molecule has 0 fully saturated rings. The highest BCUT2D eigenvalue weighted by Gasteiger charge is 2.28. The van der Waals surface area contributed by atoms with Crippen molar-refractivity contribution in [1.82, 2.24) is 4.98 Å². The largest absolute Gasteiger partial charge is 0.361 e. The molecule has 162 valence electrons. The Hall–Kier alpha value is -2.02. The minimum Gasteiger partial charge on any atom is -0.361 e. The molecule has 3 aromatic rings. The van der Waals surface area contributed by atoms with E-state index in [1.165, 1.54) is 40.4 Å². The van der Waals surface area contributed by atoms with Crippen molar-refractivity contribution in [2.75, 3.05) is 0 Å². The Balaban J connectivity index is 1.89. The van der Waals surface area contributed by atoms with E-state index in [0.29, 0.717) is 10.8 Å². The molecule has 0 aliphatic heterocycles. The summed E-state index contributed by atoms with van der Waals surface area (Å²) in [5, 5.41) is 1.40. The van der Waals surface area contributed by atoms with Gasteiger partial charge >= 0.3 is 0 Å². The molecule has 3 rings (SSSR count). The van der Waals surface area contributed by atoms with Crippen molar-refractivity contribution in [3.63, 3.8) is 0 Å². The van der Waals surface area contributed by atoms with Crippen LogP contribution in [-0.4, -0.2) is 4.98 Å². The van der Waals surface area contributed by atoms with Gasteiger partial charge in [0.2, 0.25) is 0 Å². The summed E-state index contributed by atoms with van der Waals surface area (Å²) in [6.45, 7) is 16.5. The second-order valence-corrected chi connectivity index (χ2v) is 12.1. The van der Waals surface area contributed by atoms with Gasteiger partial charge in [0, 0.05) is 17.1 Å². The summed E-state index contributed by atoms with van der Waals surface area (Å²) in [4.78, 5) is 3.49. The highest BCUT2D eigenvalue weighted by molar-refractivity contribution is 5.84. The van der Waals surface area contributed by atoms with Crippen LogP contribution in [0, 0.1) is 16.2 Å². The van der Waals surface area contributed by atoms with Crippen molar-refractivity contribution in [3.8, 4) is 0 Å². The molecule has 1 N–H and O–H groups in total. The monoisotopic (exact) mass is 403 g/mol. The summed E-state index contributed by atoms with van der Waals surface area (Å²) in [6, 6.07) is 18.1. The van der Waals surface area contributed by atoms with Crippen LogP contribution in [0.5, 0.6) is 0 Å². The lowest BCUT2D eigenvalue weighted by Gasteiger charge is -2.33. The standard InChI is InChI=1S/C29H41N/c1-27(2,3)15-16-29(7,18-22-11-9-8-10-12-22)19-23-13-14-26-25(17-23)24(21-30-26)20-28(4,5)6/h8-14,17,21,30H,15-16,18-20H2,1-7H3. The van der Waals surface area contributed by atoms with Crippen LogP contribution < -0.4 is 0 Å². The van der Waals surface area contributed by atoms with Crippen LogP contribution in [0.1, 0.15) is 78.0 Å². The molecule has 1 heteroatoms. The number of H-pyrrole nitrogens is 1. The first-order valence-electron chi connectivity index (χ1n) is 11.6. The number of benzene rings is 2. The van der Waals surface area contributed by atoms with E-state index < -0.39 is 0 Å². The van der Waals surface area contributed by atoms with Gasteiger partial charge < -0.3 is 4.98 Å². The van der Waals surface area contributed by atoms with E-state index in [9.17, 15) is 0 Å². The third kappa shape index (κ3) is 6.49. The molecule has 1 unspecified atom stereocenters. The van der Waals surface area contributed by atoms with Gasteiger partial charge in [-0.15, -0.1) is 0 Å². The molecular weight excluding hydrogens is 362 g/mol. The van der Waals surface area contributed by atoms with Crippen LogP contribution in [0.15, 0.2) is 54.7 Å². The van der Waals surface area contributed by atoms with Crippen molar-refractivity contribution in [3.05, 3.63) is 71.4 Å². The molecule has 1 heterocycles. The SMILES string of the molecule is CC(C)(C)CCC(C)(Cc1ccccc1)Cc1ccc2[nH]cc(CC(C)(C)C)c2c1. The number of rotatable bonds is 7. The number of hydrogen-bond acceptors (Lipinski definition) is 0. The average molecular weight is 404 g/mol. The lowest BCUT2D eigenvalue weighted by Crippen LogP contribution is -2.25. The van der Waals surface area contributed by atoms with Crippen LogP contribution in [0.3, 0.4) is 0 Å². The van der Waals surface area contributed by atoms with Crippen LogP contribution in [0.25, 0.3) is 10.9 Å². The van der Waals surface area contributed by atoms with Crippen molar-refractivity contribution in [2.45, 2.75) is 80.6 Å². The Labute approximate surface area is 184 Å². The fraction of sp³-hybridized carbons (Fsp3) is 0.517. The summed E-state index contributed by atoms with van der Waals surface area (Å²) < 4.78 is 0. The minimum absolute atomic E-state index is 0.253. The third-order valence-corrected chi connectivity index (χ3v) is 6.14. The summed E-state index contributed by atoms with van der Waals surface area (Å²) >= 11 is 0. The molecular formula is C29H41N. The van der Waals surface area contributed by atoms with Crippen molar-refractivity contribution < 1.29 is 0 Å². The van der Waals surface area contributed by atoms with Gasteiger partial charge in [-0.25, -0.2) is 0 Å². The molecule has 0 radical (unpaired) electrons. The van der Waals surface area contributed by atoms with Crippen molar-refractivity contribution in [1.29, 1.82) is 0 Å². The smallest absolute Gasteiger partial charge is 0.0456 e. The molecule has 1 aromatic heterocycles. The van der Waals surface area contributed by atoms with Gasteiger partial charge in [-0.1, -0.05) is 84.9 Å². The molecule has 30 heavy (non-hydrogen) atoms. The van der Waals surface area contributed by atoms with E-state index in [0.717, 1.165) is 19.3 Å². The Kier molecular flexibility index (Phi) is 6.51. The Morgan fingerprint density at radius 1 is 0.667 bits per heavy atom. The molecule has 1 atom stereocenters. The summed E-state index contributed by atoms with van der Waals surface area (Å²) in [7, 11) is 0. The lowest BCUT2D eigenvalue weighted by atomic mass is 9.72. The maximum Gasteiger partial charge on any atom is 0.0456 e. The maximum atomic E-state index is 3.49. The number of aromatic nitrogens is 1. The number of nitrogens with one attached hydrogen (secondary N) is 1. The van der Waals surface area contributed by atoms with Crippen molar-refractivity contribution >= 4 is 10.9 Å². The predicted molar refractivity (Wildman–Crippen MR) is 132 cm³/mol. The number of fused-ring (bicyclic) bond motifs is 1. The Bertz CT molecular complexity index is 949. The molecule has 0 spiro atoms. The molecule has 0 bridgehead atoms. The molecule has 1 nitrogen and oxygen atoms in total. The first-order chi connectivity index (χ1) is 13.9. The van der Waals surface area contributed by atoms with E-state index in [-0.39, 0.29) is 5.41 Å². The van der Waals surface area contributed by atoms with E-state index in [1.807, 2.05) is 0 Å². The molecule has 0 saturated heterocycles. The Morgan fingerprint density at radius 3 is 1.97 bits per heavy atom. The summed E-state index contributed by atoms with van der Waals surface area (Å²) in [5.74, 6) is 0.